The van der Waals surface area contributed by atoms with Gasteiger partial charge in [0.25, 0.3) is 0 Å². The van der Waals surface area contributed by atoms with E-state index in [0.29, 0.717) is 11.4 Å². The van der Waals surface area contributed by atoms with Crippen LogP contribution in [0.2, 0.25) is 0 Å². The molecule has 7 nitrogen and oxygen atoms in total. The fourth-order valence-electron chi connectivity index (χ4n) is 4.58. The van der Waals surface area contributed by atoms with Crippen LogP contribution in [0.4, 0.5) is 0 Å². The Balaban J connectivity index is 1.40. The number of hydrogen-bond acceptors (Lipinski definition) is 5. The van der Waals surface area contributed by atoms with Crippen molar-refractivity contribution in [1.82, 2.24) is 24.6 Å². The predicted molar refractivity (Wildman–Crippen MR) is 106 cm³/mol. The molecule has 0 amide bonds. The molecule has 2 aromatic heterocycles. The summed E-state index contributed by atoms with van der Waals surface area (Å²) < 4.78 is 1.30. The quantitative estimate of drug-likeness (QED) is 0.861. The van der Waals surface area contributed by atoms with Gasteiger partial charge in [-0.1, -0.05) is 32.1 Å². The number of nitriles is 1. The Labute approximate surface area is 165 Å². The van der Waals surface area contributed by atoms with Gasteiger partial charge in [-0.2, -0.15) is 9.94 Å². The molecule has 1 atom stereocenters. The Kier molecular flexibility index (Phi) is 5.87. The van der Waals surface area contributed by atoms with Crippen molar-refractivity contribution in [2.75, 3.05) is 19.6 Å². The van der Waals surface area contributed by atoms with Crippen molar-refractivity contribution in [3.05, 3.63) is 40.2 Å². The summed E-state index contributed by atoms with van der Waals surface area (Å²) >= 11 is 0. The summed E-state index contributed by atoms with van der Waals surface area (Å²) in [6.45, 7) is 3.26. The lowest BCUT2D eigenvalue weighted by Gasteiger charge is -2.33. The minimum Gasteiger partial charge on any atom is -0.303 e. The molecule has 0 spiro atoms. The molecule has 1 saturated heterocycles. The fourth-order valence-corrected chi connectivity index (χ4v) is 4.58. The highest BCUT2D eigenvalue weighted by Crippen LogP contribution is 2.28. The van der Waals surface area contributed by atoms with Crippen molar-refractivity contribution in [3.8, 4) is 11.9 Å². The van der Waals surface area contributed by atoms with E-state index in [-0.39, 0.29) is 11.6 Å². The topological polar surface area (TPSA) is 90.6 Å². The smallest absolute Gasteiger partial charge is 0.303 e. The maximum atomic E-state index is 12.4. The average molecular weight is 380 g/mol. The van der Waals surface area contributed by atoms with Gasteiger partial charge in [-0.25, -0.2) is 9.78 Å². The van der Waals surface area contributed by atoms with Crippen molar-refractivity contribution in [3.63, 3.8) is 0 Å². The molecule has 0 unspecified atom stereocenters. The number of piperidine rings is 1. The third-order valence-electron chi connectivity index (χ3n) is 6.20. The molecule has 28 heavy (non-hydrogen) atoms. The van der Waals surface area contributed by atoms with Gasteiger partial charge in [0.1, 0.15) is 11.9 Å². The number of likely N-dealkylation sites (tertiary alicyclic amines) is 1. The first-order valence-corrected chi connectivity index (χ1v) is 10.5. The zero-order chi connectivity index (χ0) is 19.3. The molecule has 2 aromatic rings. The number of nitrogens with one attached hydrogen (secondary N) is 1. The molecule has 0 aromatic carbocycles. The number of pyridine rings is 1. The minimum absolute atomic E-state index is 0.257. The lowest BCUT2D eigenvalue weighted by Crippen LogP contribution is -2.36. The SMILES string of the molecule is N#Cc1ccc(-n2nc([C@H]3CCCN(CCC4CCCCC4)C3)[nH]c2=O)nc1. The number of aromatic amines is 1. The van der Waals surface area contributed by atoms with Crippen LogP contribution in [0.25, 0.3) is 5.82 Å². The first-order valence-electron chi connectivity index (χ1n) is 10.5. The van der Waals surface area contributed by atoms with E-state index in [1.54, 1.807) is 12.1 Å². The summed E-state index contributed by atoms with van der Waals surface area (Å²) in [7, 11) is 0. The summed E-state index contributed by atoms with van der Waals surface area (Å²) in [6, 6.07) is 5.34. The van der Waals surface area contributed by atoms with Gasteiger partial charge in [0.15, 0.2) is 5.82 Å². The highest BCUT2D eigenvalue weighted by Gasteiger charge is 2.25. The molecule has 0 radical (unpaired) electrons. The molecule has 4 rings (SSSR count). The van der Waals surface area contributed by atoms with Crippen LogP contribution >= 0.6 is 0 Å². The van der Waals surface area contributed by atoms with Crippen LogP contribution in [-0.4, -0.2) is 44.3 Å². The molecule has 1 aliphatic heterocycles. The summed E-state index contributed by atoms with van der Waals surface area (Å²) in [6.07, 6.45) is 11.9. The molecule has 148 valence electrons. The van der Waals surface area contributed by atoms with Crippen LogP contribution in [-0.2, 0) is 0 Å². The zero-order valence-electron chi connectivity index (χ0n) is 16.3. The van der Waals surface area contributed by atoms with Crippen LogP contribution in [0.1, 0.15) is 68.7 Å². The van der Waals surface area contributed by atoms with Gasteiger partial charge in [-0.05, 0) is 50.4 Å². The van der Waals surface area contributed by atoms with Gasteiger partial charge in [0.2, 0.25) is 0 Å². The van der Waals surface area contributed by atoms with Gasteiger partial charge in [0, 0.05) is 18.7 Å². The minimum atomic E-state index is -0.272. The average Bonchev–Trinajstić information content (AvgIpc) is 3.15. The van der Waals surface area contributed by atoms with E-state index >= 15 is 0 Å². The second-order valence-electron chi connectivity index (χ2n) is 8.18. The van der Waals surface area contributed by atoms with Crippen molar-refractivity contribution in [1.29, 1.82) is 5.26 Å². The molecule has 2 aliphatic rings. The van der Waals surface area contributed by atoms with Crippen LogP contribution in [0.5, 0.6) is 0 Å². The third-order valence-corrected chi connectivity index (χ3v) is 6.20. The second kappa shape index (κ2) is 8.70. The molecule has 1 aliphatic carbocycles. The number of nitrogens with zero attached hydrogens (tertiary/aromatic N) is 5. The van der Waals surface area contributed by atoms with E-state index < -0.39 is 0 Å². The van der Waals surface area contributed by atoms with Gasteiger partial charge in [-0.3, -0.25) is 4.98 Å². The van der Waals surface area contributed by atoms with E-state index in [0.717, 1.165) is 44.2 Å². The predicted octanol–water partition coefficient (Wildman–Crippen LogP) is 2.98. The Hall–Kier alpha value is -2.46. The highest BCUT2D eigenvalue weighted by atomic mass is 16.2. The van der Waals surface area contributed by atoms with Crippen LogP contribution < -0.4 is 5.69 Å². The maximum absolute atomic E-state index is 12.4. The van der Waals surface area contributed by atoms with Gasteiger partial charge in [0.05, 0.1) is 5.56 Å². The van der Waals surface area contributed by atoms with Crippen molar-refractivity contribution in [2.24, 2.45) is 5.92 Å². The van der Waals surface area contributed by atoms with Crippen LogP contribution in [0, 0.1) is 17.2 Å². The van der Waals surface area contributed by atoms with E-state index in [4.69, 9.17) is 5.26 Å². The lowest BCUT2D eigenvalue weighted by atomic mass is 9.86. The highest BCUT2D eigenvalue weighted by molar-refractivity contribution is 5.31. The monoisotopic (exact) mass is 380 g/mol. The normalized spacial score (nSPS) is 21.5. The summed E-state index contributed by atoms with van der Waals surface area (Å²) in [4.78, 5) is 22.0. The largest absolute Gasteiger partial charge is 0.349 e. The van der Waals surface area contributed by atoms with Gasteiger partial charge >= 0.3 is 5.69 Å². The van der Waals surface area contributed by atoms with Crippen molar-refractivity contribution in [2.45, 2.75) is 57.3 Å². The van der Waals surface area contributed by atoms with Gasteiger partial charge < -0.3 is 4.90 Å². The summed E-state index contributed by atoms with van der Waals surface area (Å²) in [5.41, 5.74) is 0.194. The van der Waals surface area contributed by atoms with E-state index in [9.17, 15) is 4.79 Å². The third kappa shape index (κ3) is 4.33. The van der Waals surface area contributed by atoms with E-state index in [1.807, 2.05) is 6.07 Å². The number of rotatable bonds is 5. The molecular formula is C21H28N6O. The van der Waals surface area contributed by atoms with Gasteiger partial charge in [-0.15, -0.1) is 5.10 Å². The standard InChI is InChI=1S/C21H28N6O/c22-13-17-8-9-19(23-14-17)27-21(28)24-20(25-27)18-7-4-11-26(15-18)12-10-16-5-2-1-3-6-16/h8-9,14,16,18H,1-7,10-12,15H2,(H,24,25,28)/t18-/m0/s1. The molecule has 7 heteroatoms. The first-order chi connectivity index (χ1) is 13.7. The Morgan fingerprint density at radius 2 is 2.04 bits per heavy atom. The molecule has 0 bridgehead atoms. The summed E-state index contributed by atoms with van der Waals surface area (Å²) in [5, 5.41) is 13.4. The Morgan fingerprint density at radius 1 is 1.18 bits per heavy atom. The first kappa shape index (κ1) is 18.9. The molecule has 3 heterocycles. The lowest BCUT2D eigenvalue weighted by molar-refractivity contribution is 0.182. The fraction of sp³-hybridized carbons (Fsp3) is 0.619. The second-order valence-corrected chi connectivity index (χ2v) is 8.18. The van der Waals surface area contributed by atoms with Crippen LogP contribution in [0.15, 0.2) is 23.1 Å². The maximum Gasteiger partial charge on any atom is 0.349 e. The summed E-state index contributed by atoms with van der Waals surface area (Å²) in [5.74, 6) is 2.35. The molecule has 1 saturated carbocycles. The van der Waals surface area contributed by atoms with Crippen molar-refractivity contribution < 1.29 is 0 Å². The van der Waals surface area contributed by atoms with E-state index in [2.05, 4.69) is 20.0 Å². The molecule has 1 N–H and O–H groups in total. The number of H-pyrrole nitrogens is 1. The molecular weight excluding hydrogens is 352 g/mol. The Bertz CT molecular complexity index is 872. The number of aromatic nitrogens is 4. The zero-order valence-corrected chi connectivity index (χ0v) is 16.3. The van der Waals surface area contributed by atoms with E-state index in [1.165, 1.54) is 49.4 Å². The number of hydrogen-bond donors (Lipinski definition) is 1. The Morgan fingerprint density at radius 3 is 2.79 bits per heavy atom. The van der Waals surface area contributed by atoms with Crippen molar-refractivity contribution >= 4 is 0 Å². The molecule has 2 fully saturated rings. The van der Waals surface area contributed by atoms with Crippen LogP contribution in [0.3, 0.4) is 0 Å².